The Kier molecular flexibility index (Phi) is 6.06. The Labute approximate surface area is 118 Å². The highest BCUT2D eigenvalue weighted by Crippen LogP contribution is 2.32. The van der Waals surface area contributed by atoms with Gasteiger partial charge in [-0.05, 0) is 47.9 Å². The van der Waals surface area contributed by atoms with E-state index in [0.717, 1.165) is 30.4 Å². The zero-order chi connectivity index (χ0) is 15.3. The first-order valence-corrected chi connectivity index (χ1v) is 7.21. The van der Waals surface area contributed by atoms with Crippen LogP contribution in [-0.2, 0) is 19.3 Å². The molecule has 0 amide bonds. The average Bonchev–Trinajstić information content (AvgIpc) is 2.42. The summed E-state index contributed by atoms with van der Waals surface area (Å²) in [7, 11) is 0. The van der Waals surface area contributed by atoms with Crippen molar-refractivity contribution in [3.05, 3.63) is 34.4 Å². The number of rotatable bonds is 6. The van der Waals surface area contributed by atoms with Crippen molar-refractivity contribution in [2.24, 2.45) is 0 Å². The van der Waals surface area contributed by atoms with E-state index in [0.29, 0.717) is 5.56 Å². The smallest absolute Gasteiger partial charge is 0.388 e. The predicted molar refractivity (Wildman–Crippen MR) is 74.8 cm³/mol. The fourth-order valence-electron chi connectivity index (χ4n) is 2.51. The second kappa shape index (κ2) is 7.11. The molecule has 20 heavy (non-hydrogen) atoms. The standard InChI is InChI=1S/C16H23F3O/c1-4-11-9-12(5-2)15(13(6-3)10-11)14(20)7-8-16(17,18)19/h9-10,14,20H,4-8H2,1-3H3. The number of aliphatic hydroxyl groups excluding tert-OH is 1. The van der Waals surface area contributed by atoms with E-state index in [-0.39, 0.29) is 6.42 Å². The van der Waals surface area contributed by atoms with Crippen molar-refractivity contribution in [2.45, 2.75) is 65.2 Å². The van der Waals surface area contributed by atoms with Crippen LogP contribution in [0.4, 0.5) is 13.2 Å². The van der Waals surface area contributed by atoms with Gasteiger partial charge in [0, 0.05) is 6.42 Å². The third kappa shape index (κ3) is 4.51. The van der Waals surface area contributed by atoms with Crippen LogP contribution in [0.15, 0.2) is 12.1 Å². The molecule has 0 aliphatic heterocycles. The van der Waals surface area contributed by atoms with Crippen LogP contribution < -0.4 is 0 Å². The van der Waals surface area contributed by atoms with E-state index >= 15 is 0 Å². The summed E-state index contributed by atoms with van der Waals surface area (Å²) in [5.41, 5.74) is 3.81. The quantitative estimate of drug-likeness (QED) is 0.801. The van der Waals surface area contributed by atoms with Crippen LogP contribution in [0.3, 0.4) is 0 Å². The molecule has 114 valence electrons. The summed E-state index contributed by atoms with van der Waals surface area (Å²) >= 11 is 0. The molecule has 0 bridgehead atoms. The van der Waals surface area contributed by atoms with Crippen LogP contribution in [0, 0.1) is 0 Å². The fraction of sp³-hybridized carbons (Fsp3) is 0.625. The molecule has 0 spiro atoms. The summed E-state index contributed by atoms with van der Waals surface area (Å²) in [6.45, 7) is 5.98. The molecule has 4 heteroatoms. The Morgan fingerprint density at radius 2 is 1.50 bits per heavy atom. The summed E-state index contributed by atoms with van der Waals surface area (Å²) in [5, 5.41) is 10.2. The molecule has 1 N–H and O–H groups in total. The molecule has 1 rings (SSSR count). The van der Waals surface area contributed by atoms with Gasteiger partial charge in [0.25, 0.3) is 0 Å². The van der Waals surface area contributed by atoms with Gasteiger partial charge < -0.3 is 5.11 Å². The lowest BCUT2D eigenvalue weighted by Gasteiger charge is -2.21. The zero-order valence-corrected chi connectivity index (χ0v) is 12.3. The maximum absolute atomic E-state index is 12.3. The molecule has 1 aromatic carbocycles. The minimum Gasteiger partial charge on any atom is -0.388 e. The second-order valence-corrected chi connectivity index (χ2v) is 5.06. The highest BCUT2D eigenvalue weighted by molar-refractivity contribution is 5.41. The summed E-state index contributed by atoms with van der Waals surface area (Å²) in [6.07, 6.45) is -4.14. The lowest BCUT2D eigenvalue weighted by Crippen LogP contribution is -2.13. The number of alkyl halides is 3. The van der Waals surface area contributed by atoms with Crippen LogP contribution >= 0.6 is 0 Å². The van der Waals surface area contributed by atoms with Crippen molar-refractivity contribution < 1.29 is 18.3 Å². The van der Waals surface area contributed by atoms with E-state index in [4.69, 9.17) is 0 Å². The van der Waals surface area contributed by atoms with Crippen molar-refractivity contribution >= 4 is 0 Å². The second-order valence-electron chi connectivity index (χ2n) is 5.06. The molecule has 0 aliphatic rings. The molecular weight excluding hydrogens is 265 g/mol. The maximum atomic E-state index is 12.3. The molecule has 0 saturated carbocycles. The van der Waals surface area contributed by atoms with Gasteiger partial charge in [-0.15, -0.1) is 0 Å². The van der Waals surface area contributed by atoms with Gasteiger partial charge in [-0.25, -0.2) is 0 Å². The topological polar surface area (TPSA) is 20.2 Å². The first-order valence-electron chi connectivity index (χ1n) is 7.21. The zero-order valence-electron chi connectivity index (χ0n) is 12.3. The highest BCUT2D eigenvalue weighted by atomic mass is 19.4. The number of benzene rings is 1. The molecule has 0 aromatic heterocycles. The SMILES string of the molecule is CCc1cc(CC)c(C(O)CCC(F)(F)F)c(CC)c1. The van der Waals surface area contributed by atoms with Gasteiger partial charge in [0.15, 0.2) is 0 Å². The van der Waals surface area contributed by atoms with Gasteiger partial charge in [0.05, 0.1) is 6.10 Å². The fourth-order valence-corrected chi connectivity index (χ4v) is 2.51. The third-order valence-corrected chi connectivity index (χ3v) is 3.62. The minimum atomic E-state index is -4.22. The Morgan fingerprint density at radius 3 is 1.85 bits per heavy atom. The lowest BCUT2D eigenvalue weighted by atomic mass is 9.89. The minimum absolute atomic E-state index is 0.269. The number of aliphatic hydroxyl groups is 1. The van der Waals surface area contributed by atoms with Gasteiger partial charge in [-0.1, -0.05) is 32.9 Å². The van der Waals surface area contributed by atoms with Gasteiger partial charge in [-0.3, -0.25) is 0 Å². The van der Waals surface area contributed by atoms with Crippen molar-refractivity contribution in [3.8, 4) is 0 Å². The van der Waals surface area contributed by atoms with Crippen LogP contribution in [0.1, 0.15) is 62.0 Å². The summed E-state index contributed by atoms with van der Waals surface area (Å²) in [5.74, 6) is 0. The van der Waals surface area contributed by atoms with Crippen LogP contribution in [-0.4, -0.2) is 11.3 Å². The highest BCUT2D eigenvalue weighted by Gasteiger charge is 2.29. The lowest BCUT2D eigenvalue weighted by molar-refractivity contribution is -0.140. The first kappa shape index (κ1) is 17.0. The Hall–Kier alpha value is -1.03. The molecule has 0 heterocycles. The largest absolute Gasteiger partial charge is 0.389 e. The molecule has 0 fully saturated rings. The van der Waals surface area contributed by atoms with E-state index in [1.165, 1.54) is 5.56 Å². The molecule has 0 radical (unpaired) electrons. The molecule has 1 nitrogen and oxygen atoms in total. The predicted octanol–water partition coefficient (Wildman–Crippen LogP) is 4.75. The molecule has 1 unspecified atom stereocenters. The van der Waals surface area contributed by atoms with E-state index in [2.05, 4.69) is 0 Å². The van der Waals surface area contributed by atoms with Gasteiger partial charge in [0.1, 0.15) is 0 Å². The number of hydrogen-bond acceptors (Lipinski definition) is 1. The van der Waals surface area contributed by atoms with Gasteiger partial charge >= 0.3 is 6.18 Å². The van der Waals surface area contributed by atoms with Crippen LogP contribution in [0.5, 0.6) is 0 Å². The Morgan fingerprint density at radius 1 is 1.00 bits per heavy atom. The average molecular weight is 288 g/mol. The molecular formula is C16H23F3O. The normalized spacial score (nSPS) is 13.6. The van der Waals surface area contributed by atoms with Crippen molar-refractivity contribution in [1.29, 1.82) is 0 Å². The van der Waals surface area contributed by atoms with Gasteiger partial charge in [-0.2, -0.15) is 13.2 Å². The van der Waals surface area contributed by atoms with E-state index < -0.39 is 18.7 Å². The summed E-state index contributed by atoms with van der Waals surface area (Å²) in [4.78, 5) is 0. The molecule has 1 atom stereocenters. The summed E-state index contributed by atoms with van der Waals surface area (Å²) < 4.78 is 36.9. The number of aryl methyl sites for hydroxylation is 3. The monoisotopic (exact) mass is 288 g/mol. The van der Waals surface area contributed by atoms with E-state index in [1.54, 1.807) is 0 Å². The van der Waals surface area contributed by atoms with E-state index in [1.807, 2.05) is 32.9 Å². The number of hydrogen-bond donors (Lipinski definition) is 1. The van der Waals surface area contributed by atoms with Crippen molar-refractivity contribution in [2.75, 3.05) is 0 Å². The third-order valence-electron chi connectivity index (χ3n) is 3.62. The Bertz CT molecular complexity index is 413. The number of halogens is 3. The maximum Gasteiger partial charge on any atom is 0.389 e. The van der Waals surface area contributed by atoms with Crippen molar-refractivity contribution in [3.63, 3.8) is 0 Å². The summed E-state index contributed by atoms with van der Waals surface area (Å²) in [6, 6.07) is 4.01. The Balaban J connectivity index is 3.08. The molecule has 1 aromatic rings. The van der Waals surface area contributed by atoms with Crippen molar-refractivity contribution in [1.82, 2.24) is 0 Å². The molecule has 0 saturated heterocycles. The van der Waals surface area contributed by atoms with Crippen LogP contribution in [0.2, 0.25) is 0 Å². The van der Waals surface area contributed by atoms with Crippen LogP contribution in [0.25, 0.3) is 0 Å². The first-order chi connectivity index (χ1) is 9.32. The van der Waals surface area contributed by atoms with E-state index in [9.17, 15) is 18.3 Å². The van der Waals surface area contributed by atoms with Gasteiger partial charge in [0.2, 0.25) is 0 Å². The molecule has 0 aliphatic carbocycles.